The number of benzene rings is 1. The largest absolute Gasteiger partial charge is 0.496 e. The van der Waals surface area contributed by atoms with Crippen molar-refractivity contribution < 1.29 is 28.8 Å². The third-order valence-corrected chi connectivity index (χ3v) is 4.34. The molecule has 6 heteroatoms. The van der Waals surface area contributed by atoms with Gasteiger partial charge in [-0.25, -0.2) is 0 Å². The number of ether oxygens (including phenoxy) is 4. The molecule has 3 atom stereocenters. The normalized spacial score (nSPS) is 23.2. The number of unbranched alkanes of at least 4 members (excludes halogenated alkanes) is 1. The molecule has 1 saturated heterocycles. The molecule has 0 aromatic heterocycles. The van der Waals surface area contributed by atoms with E-state index < -0.39 is 12.3 Å². The number of rotatable bonds is 10. The molecule has 6 nitrogen and oxygen atoms in total. The summed E-state index contributed by atoms with van der Waals surface area (Å²) in [5.41, 5.74) is 1.00. The van der Waals surface area contributed by atoms with Crippen LogP contribution in [0.25, 0.3) is 0 Å². The molecule has 3 unspecified atom stereocenters. The van der Waals surface area contributed by atoms with Crippen LogP contribution in [0.1, 0.15) is 37.4 Å². The van der Waals surface area contributed by atoms with Crippen LogP contribution in [0.2, 0.25) is 0 Å². The number of para-hydroxylation sites is 1. The Morgan fingerprint density at radius 2 is 2.12 bits per heavy atom. The van der Waals surface area contributed by atoms with Crippen molar-refractivity contribution in [3.63, 3.8) is 0 Å². The molecule has 1 heterocycles. The lowest BCUT2D eigenvalue weighted by atomic mass is 9.91. The minimum atomic E-state index is -0.757. The average Bonchev–Trinajstić information content (AvgIpc) is 2.65. The molecule has 1 N–H and O–H groups in total. The van der Waals surface area contributed by atoms with E-state index in [9.17, 15) is 4.79 Å². The number of hydrogen-bond acceptors (Lipinski definition) is 5. The van der Waals surface area contributed by atoms with E-state index in [1.165, 1.54) is 0 Å². The lowest BCUT2D eigenvalue weighted by Gasteiger charge is -2.36. The Labute approximate surface area is 154 Å². The lowest BCUT2D eigenvalue weighted by molar-refractivity contribution is -0.253. The molecule has 0 radical (unpaired) electrons. The summed E-state index contributed by atoms with van der Waals surface area (Å²) < 4.78 is 22.6. The number of aliphatic carboxylic acids is 1. The first kappa shape index (κ1) is 20.4. The van der Waals surface area contributed by atoms with Crippen LogP contribution in [0.5, 0.6) is 5.75 Å². The summed E-state index contributed by atoms with van der Waals surface area (Å²) in [6, 6.07) is 7.85. The summed E-state index contributed by atoms with van der Waals surface area (Å²) in [7, 11) is 3.28. The van der Waals surface area contributed by atoms with E-state index in [4.69, 9.17) is 24.1 Å². The molecule has 0 bridgehead atoms. The molecule has 0 saturated carbocycles. The van der Waals surface area contributed by atoms with Gasteiger partial charge in [0, 0.05) is 25.0 Å². The second-order valence-corrected chi connectivity index (χ2v) is 6.27. The van der Waals surface area contributed by atoms with E-state index in [0.717, 1.165) is 24.2 Å². The average molecular weight is 364 g/mol. The number of carboxylic acids is 1. The Kier molecular flexibility index (Phi) is 8.61. The van der Waals surface area contributed by atoms with E-state index >= 15 is 0 Å². The second-order valence-electron chi connectivity index (χ2n) is 6.27. The number of hydrogen-bond donors (Lipinski definition) is 1. The maximum absolute atomic E-state index is 10.5. The predicted octanol–water partition coefficient (Wildman–Crippen LogP) is 3.57. The Bertz CT molecular complexity index is 585. The maximum atomic E-state index is 10.5. The van der Waals surface area contributed by atoms with Crippen molar-refractivity contribution in [2.75, 3.05) is 27.4 Å². The molecule has 0 aliphatic carbocycles. The van der Waals surface area contributed by atoms with Gasteiger partial charge in [-0.05, 0) is 25.3 Å². The van der Waals surface area contributed by atoms with Crippen molar-refractivity contribution in [3.05, 3.63) is 42.0 Å². The van der Waals surface area contributed by atoms with Gasteiger partial charge < -0.3 is 24.1 Å². The number of carbonyl (C=O) groups is 1. The summed E-state index contributed by atoms with van der Waals surface area (Å²) in [5.74, 6) is 0.189. The summed E-state index contributed by atoms with van der Waals surface area (Å²) in [4.78, 5) is 10.5. The SMILES string of the molecule is COCC1OCC(C/C=C\CCCC(=O)O)C(c2ccccc2OC)O1. The van der Waals surface area contributed by atoms with Crippen LogP contribution in [0, 0.1) is 5.92 Å². The number of carboxylic acid groups (broad SMARTS) is 1. The summed E-state index contributed by atoms with van der Waals surface area (Å²) >= 11 is 0. The molecule has 144 valence electrons. The summed E-state index contributed by atoms with van der Waals surface area (Å²) in [6.07, 6.45) is 5.95. The van der Waals surface area contributed by atoms with E-state index in [0.29, 0.717) is 19.6 Å². The van der Waals surface area contributed by atoms with E-state index in [-0.39, 0.29) is 18.4 Å². The fraction of sp³-hybridized carbons (Fsp3) is 0.550. The van der Waals surface area contributed by atoms with Crippen LogP contribution < -0.4 is 4.74 Å². The molecular weight excluding hydrogens is 336 g/mol. The van der Waals surface area contributed by atoms with E-state index in [1.807, 2.05) is 30.3 Å². The molecular formula is C20H28O6. The summed E-state index contributed by atoms with van der Waals surface area (Å²) in [5, 5.41) is 8.67. The predicted molar refractivity (Wildman–Crippen MR) is 97.2 cm³/mol. The van der Waals surface area contributed by atoms with Gasteiger partial charge in [0.25, 0.3) is 0 Å². The first-order valence-electron chi connectivity index (χ1n) is 8.91. The first-order chi connectivity index (χ1) is 12.7. The maximum Gasteiger partial charge on any atom is 0.303 e. The van der Waals surface area contributed by atoms with Crippen LogP contribution in [0.4, 0.5) is 0 Å². The van der Waals surface area contributed by atoms with Gasteiger partial charge in [-0.2, -0.15) is 0 Å². The van der Waals surface area contributed by atoms with E-state index in [2.05, 4.69) is 6.08 Å². The van der Waals surface area contributed by atoms with Crippen molar-refractivity contribution in [2.45, 2.75) is 38.1 Å². The van der Waals surface area contributed by atoms with Crippen molar-refractivity contribution in [3.8, 4) is 5.75 Å². The summed E-state index contributed by atoms with van der Waals surface area (Å²) in [6.45, 7) is 0.944. The van der Waals surface area contributed by atoms with E-state index in [1.54, 1.807) is 14.2 Å². The van der Waals surface area contributed by atoms with Crippen molar-refractivity contribution in [1.29, 1.82) is 0 Å². The van der Waals surface area contributed by atoms with Gasteiger partial charge in [0.2, 0.25) is 0 Å². The Morgan fingerprint density at radius 1 is 1.31 bits per heavy atom. The number of allylic oxidation sites excluding steroid dienone is 2. The smallest absolute Gasteiger partial charge is 0.303 e. The standard InChI is InChI=1S/C20H28O6/c1-23-14-19-25-13-15(9-5-3-4-6-12-18(21)22)20(26-19)16-10-7-8-11-17(16)24-2/h3,5,7-8,10-11,15,19-20H,4,6,9,12-14H2,1-2H3,(H,21,22)/b5-3-. The van der Waals surface area contributed by atoms with Gasteiger partial charge in [-0.3, -0.25) is 4.79 Å². The molecule has 0 spiro atoms. The lowest BCUT2D eigenvalue weighted by Crippen LogP contribution is -2.37. The first-order valence-corrected chi connectivity index (χ1v) is 8.91. The number of methoxy groups -OCH3 is 2. The Hall–Kier alpha value is -1.89. The molecule has 1 fully saturated rings. The molecule has 1 aliphatic rings. The zero-order valence-electron chi connectivity index (χ0n) is 15.4. The van der Waals surface area contributed by atoms with Crippen molar-refractivity contribution >= 4 is 5.97 Å². The monoisotopic (exact) mass is 364 g/mol. The third-order valence-electron chi connectivity index (χ3n) is 4.34. The highest BCUT2D eigenvalue weighted by Gasteiger charge is 2.34. The van der Waals surface area contributed by atoms with Crippen LogP contribution in [0.15, 0.2) is 36.4 Å². The molecule has 1 aliphatic heterocycles. The highest BCUT2D eigenvalue weighted by Crippen LogP contribution is 2.38. The Morgan fingerprint density at radius 3 is 2.85 bits per heavy atom. The highest BCUT2D eigenvalue weighted by molar-refractivity contribution is 5.66. The van der Waals surface area contributed by atoms with Crippen molar-refractivity contribution in [1.82, 2.24) is 0 Å². The molecule has 1 aromatic carbocycles. The minimum Gasteiger partial charge on any atom is -0.496 e. The van der Waals surface area contributed by atoms with Crippen LogP contribution >= 0.6 is 0 Å². The van der Waals surface area contributed by atoms with Gasteiger partial charge in [-0.1, -0.05) is 30.4 Å². The van der Waals surface area contributed by atoms with Gasteiger partial charge in [0.15, 0.2) is 6.29 Å². The Balaban J connectivity index is 2.02. The fourth-order valence-corrected chi connectivity index (χ4v) is 3.04. The van der Waals surface area contributed by atoms with Crippen LogP contribution in [-0.4, -0.2) is 44.8 Å². The highest BCUT2D eigenvalue weighted by atomic mass is 16.7. The fourth-order valence-electron chi connectivity index (χ4n) is 3.04. The zero-order valence-corrected chi connectivity index (χ0v) is 15.4. The molecule has 2 rings (SSSR count). The van der Waals surface area contributed by atoms with Crippen molar-refractivity contribution in [2.24, 2.45) is 5.92 Å². The molecule has 26 heavy (non-hydrogen) atoms. The van der Waals surface area contributed by atoms with Gasteiger partial charge in [-0.15, -0.1) is 0 Å². The minimum absolute atomic E-state index is 0.148. The quantitative estimate of drug-likeness (QED) is 0.505. The second kappa shape index (κ2) is 11.0. The van der Waals surface area contributed by atoms with Gasteiger partial charge in [0.1, 0.15) is 5.75 Å². The topological polar surface area (TPSA) is 74.2 Å². The van der Waals surface area contributed by atoms with Crippen LogP contribution in [0.3, 0.4) is 0 Å². The zero-order chi connectivity index (χ0) is 18.8. The van der Waals surface area contributed by atoms with Crippen LogP contribution in [-0.2, 0) is 19.0 Å². The molecule has 1 aromatic rings. The van der Waals surface area contributed by atoms with Gasteiger partial charge in [0.05, 0.1) is 26.4 Å². The van der Waals surface area contributed by atoms with Gasteiger partial charge >= 0.3 is 5.97 Å². The third kappa shape index (κ3) is 6.12. The molecule has 0 amide bonds.